The van der Waals surface area contributed by atoms with Crippen LogP contribution in [0.4, 0.5) is 0 Å². The van der Waals surface area contributed by atoms with Crippen molar-refractivity contribution in [2.45, 2.75) is 55.9 Å². The molecule has 1 aromatic carbocycles. The average Bonchev–Trinajstić information content (AvgIpc) is 2.69. The molecule has 0 amide bonds. The molecule has 0 radical (unpaired) electrons. The maximum absolute atomic E-state index is 10.8. The van der Waals surface area contributed by atoms with Crippen LogP contribution in [-0.2, 0) is 25.8 Å². The second-order valence-corrected chi connectivity index (χ2v) is 10.3. The number of hydrogen-bond donors (Lipinski definition) is 3. The number of rotatable bonds is 10. The Morgan fingerprint density at radius 1 is 1.24 bits per heavy atom. The number of aliphatic hydroxyl groups is 3. The van der Waals surface area contributed by atoms with Gasteiger partial charge in [0.1, 0.15) is 0 Å². The van der Waals surface area contributed by atoms with Crippen LogP contribution in [0.2, 0.25) is 0 Å². The molecular formula is C18H26NO8SSe-. The summed E-state index contributed by atoms with van der Waals surface area (Å²) in [5, 5.41) is 32.5. The first-order chi connectivity index (χ1) is 13.7. The van der Waals surface area contributed by atoms with Gasteiger partial charge in [0.05, 0.1) is 0 Å². The van der Waals surface area contributed by atoms with Gasteiger partial charge in [0.15, 0.2) is 0 Å². The Kier molecular flexibility index (Phi) is 9.51. The zero-order valence-electron chi connectivity index (χ0n) is 16.0. The summed E-state index contributed by atoms with van der Waals surface area (Å²) in [5.74, 6) is -0.466. The molecule has 1 saturated heterocycles. The van der Waals surface area contributed by atoms with Crippen LogP contribution in [0, 0.1) is 5.92 Å². The molecule has 11 heteroatoms. The van der Waals surface area contributed by atoms with Crippen molar-refractivity contribution >= 4 is 30.0 Å². The molecule has 0 aliphatic carbocycles. The Morgan fingerprint density at radius 2 is 1.93 bits per heavy atom. The third-order valence-corrected chi connectivity index (χ3v) is 7.39. The number of oxime groups is 1. The molecule has 2 unspecified atom stereocenters. The molecule has 0 saturated carbocycles. The molecule has 3 N–H and O–H groups in total. The molecule has 1 aliphatic rings. The first-order valence-corrected chi connectivity index (χ1v) is 12.4. The predicted octanol–water partition coefficient (Wildman–Crippen LogP) is -0.0310. The van der Waals surface area contributed by atoms with Gasteiger partial charge in [-0.3, -0.25) is 0 Å². The number of aliphatic hydroxyl groups excluding tert-OH is 3. The quantitative estimate of drug-likeness (QED) is 0.102. The van der Waals surface area contributed by atoms with Crippen LogP contribution >= 0.6 is 0 Å². The van der Waals surface area contributed by atoms with E-state index in [1.165, 1.54) is 5.56 Å². The van der Waals surface area contributed by atoms with E-state index in [1.54, 1.807) is 6.92 Å². The summed E-state index contributed by atoms with van der Waals surface area (Å²) in [6.45, 7) is 1.33. The molecule has 29 heavy (non-hydrogen) atoms. The van der Waals surface area contributed by atoms with Crippen LogP contribution in [0.25, 0.3) is 0 Å². The predicted molar refractivity (Wildman–Crippen MR) is 105 cm³/mol. The fourth-order valence-corrected chi connectivity index (χ4v) is 5.59. The Hall–Kier alpha value is -1.04. The molecule has 0 aromatic heterocycles. The van der Waals surface area contributed by atoms with Gasteiger partial charge in [-0.15, -0.1) is 0 Å². The first-order valence-electron chi connectivity index (χ1n) is 9.25. The Labute approximate surface area is 176 Å². The molecule has 5 atom stereocenters. The van der Waals surface area contributed by atoms with Crippen LogP contribution in [-0.4, -0.2) is 77.8 Å². The Bertz CT molecular complexity index is 758. The molecule has 0 spiro atoms. The zero-order valence-corrected chi connectivity index (χ0v) is 18.5. The van der Waals surface area contributed by atoms with Crippen LogP contribution in [0.1, 0.15) is 31.7 Å². The molecular weight excluding hydrogens is 469 g/mol. The van der Waals surface area contributed by atoms with E-state index in [4.69, 9.17) is 4.74 Å². The maximum atomic E-state index is 10.8. The van der Waals surface area contributed by atoms with Crippen LogP contribution in [0.15, 0.2) is 35.5 Å². The van der Waals surface area contributed by atoms with Crippen molar-refractivity contribution in [1.29, 1.82) is 0 Å². The second-order valence-electron chi connectivity index (χ2n) is 6.84. The number of unbranched alkanes of at least 4 members (excludes halogenated alkanes) is 1. The van der Waals surface area contributed by atoms with Crippen molar-refractivity contribution in [3.63, 3.8) is 0 Å². The van der Waals surface area contributed by atoms with Crippen LogP contribution in [0.3, 0.4) is 0 Å². The second kappa shape index (κ2) is 11.4. The third-order valence-electron chi connectivity index (χ3n) is 4.67. The average molecular weight is 495 g/mol. The SMILES string of the molecule is CC1C(CO)O[C@H]([Se]/C(CCCCc2ccccc2)=N\OS(=O)(=O)[O-])[C@H](O)[C@H]1O. The third kappa shape index (κ3) is 7.95. The summed E-state index contributed by atoms with van der Waals surface area (Å²) < 4.78 is 42.3. The van der Waals surface area contributed by atoms with Crippen LogP contribution < -0.4 is 0 Å². The van der Waals surface area contributed by atoms with E-state index in [1.807, 2.05) is 30.3 Å². The number of aryl methyl sites for hydroxylation is 1. The van der Waals surface area contributed by atoms with E-state index >= 15 is 0 Å². The Balaban J connectivity index is 1.99. The molecule has 0 bridgehead atoms. The van der Waals surface area contributed by atoms with Crippen molar-refractivity contribution in [3.8, 4) is 0 Å². The Morgan fingerprint density at radius 3 is 2.55 bits per heavy atom. The van der Waals surface area contributed by atoms with Crippen molar-refractivity contribution in [3.05, 3.63) is 35.9 Å². The number of ether oxygens (including phenoxy) is 1. The minimum atomic E-state index is -5.00. The normalized spacial score (nSPS) is 28.3. The minimum absolute atomic E-state index is 0.285. The van der Waals surface area contributed by atoms with Gasteiger partial charge < -0.3 is 0 Å². The molecule has 2 rings (SSSR count). The summed E-state index contributed by atoms with van der Waals surface area (Å²) in [6.07, 6.45) is -0.345. The standard InChI is InChI=1S/C18H27NO8SSe/c1-12-14(11-20)26-18(17(22)16(12)21)29-15(19-27-28(23,24)25)10-6-5-9-13-7-3-2-4-8-13/h2-4,7-8,12,14,16-18,20-22H,5-6,9-11H2,1H3,(H,23,24,25)/p-1/b19-15-/t12?,14?,16-,17+,18+/m0/s1. The van der Waals surface area contributed by atoms with E-state index < -0.39 is 54.6 Å². The van der Waals surface area contributed by atoms with Crippen molar-refractivity contribution < 1.29 is 37.3 Å². The van der Waals surface area contributed by atoms with Gasteiger partial charge in [-0.1, -0.05) is 0 Å². The summed E-state index contributed by atoms with van der Waals surface area (Å²) in [7, 11) is -5.00. The van der Waals surface area contributed by atoms with Gasteiger partial charge in [0.25, 0.3) is 0 Å². The summed E-state index contributed by atoms with van der Waals surface area (Å²) >= 11 is -0.717. The van der Waals surface area contributed by atoms with Gasteiger partial charge in [-0.2, -0.15) is 0 Å². The monoisotopic (exact) mass is 496 g/mol. The van der Waals surface area contributed by atoms with E-state index in [-0.39, 0.29) is 11.2 Å². The summed E-state index contributed by atoms with van der Waals surface area (Å²) in [6, 6.07) is 9.85. The molecule has 1 heterocycles. The number of benzene rings is 1. The zero-order chi connectivity index (χ0) is 21.4. The van der Waals surface area contributed by atoms with E-state index in [0.29, 0.717) is 12.8 Å². The van der Waals surface area contributed by atoms with Gasteiger partial charge in [0.2, 0.25) is 0 Å². The van der Waals surface area contributed by atoms with E-state index in [2.05, 4.69) is 9.44 Å². The van der Waals surface area contributed by atoms with Crippen LogP contribution in [0.5, 0.6) is 0 Å². The van der Waals surface area contributed by atoms with Gasteiger partial charge in [-0.05, 0) is 0 Å². The van der Waals surface area contributed by atoms with Gasteiger partial charge >= 0.3 is 177 Å². The first kappa shape index (κ1) is 24.2. The van der Waals surface area contributed by atoms with Crippen molar-refractivity contribution in [2.75, 3.05) is 6.61 Å². The number of hydrogen-bond acceptors (Lipinski definition) is 9. The molecule has 1 aromatic rings. The molecule has 1 fully saturated rings. The topological polar surface area (TPSA) is 149 Å². The molecule has 1 aliphatic heterocycles. The van der Waals surface area contributed by atoms with E-state index in [9.17, 15) is 28.3 Å². The molecule has 9 nitrogen and oxygen atoms in total. The summed E-state index contributed by atoms with van der Waals surface area (Å²) in [5.41, 5.74) is 1.17. The molecule has 164 valence electrons. The van der Waals surface area contributed by atoms with Gasteiger partial charge in [0, 0.05) is 0 Å². The van der Waals surface area contributed by atoms with Crippen molar-refractivity contribution in [1.82, 2.24) is 0 Å². The number of nitrogens with zero attached hydrogens (tertiary/aromatic N) is 1. The van der Waals surface area contributed by atoms with Gasteiger partial charge in [-0.25, -0.2) is 0 Å². The fraction of sp³-hybridized carbons (Fsp3) is 0.611. The fourth-order valence-electron chi connectivity index (χ4n) is 2.97. The van der Waals surface area contributed by atoms with E-state index in [0.717, 1.165) is 12.8 Å². The summed E-state index contributed by atoms with van der Waals surface area (Å²) in [4.78, 5) is 0. The van der Waals surface area contributed by atoms with Crippen molar-refractivity contribution in [2.24, 2.45) is 11.1 Å².